The Morgan fingerprint density at radius 2 is 1.87 bits per heavy atom. The minimum absolute atomic E-state index is 0.353. The van der Waals surface area contributed by atoms with Crippen LogP contribution in [0.2, 0.25) is 12.6 Å². The second kappa shape index (κ2) is 8.03. The van der Waals surface area contributed by atoms with E-state index < -0.39 is 8.56 Å². The zero-order chi connectivity index (χ0) is 11.7. The van der Waals surface area contributed by atoms with Gasteiger partial charge >= 0.3 is 8.56 Å². The lowest BCUT2D eigenvalue weighted by Gasteiger charge is -2.25. The number of hydrogen-bond acceptors (Lipinski definition) is 3. The molecule has 0 aromatic rings. The summed E-state index contributed by atoms with van der Waals surface area (Å²) < 4.78 is 11.4. The topological polar surface area (TPSA) is 56.5 Å². The first-order valence-corrected chi connectivity index (χ1v) is 8.28. The molecule has 0 bridgehead atoms. The summed E-state index contributed by atoms with van der Waals surface area (Å²) in [6.07, 6.45) is 0.972. The zero-order valence-electron chi connectivity index (χ0n) is 9.84. The van der Waals surface area contributed by atoms with Crippen molar-refractivity contribution in [2.24, 2.45) is 5.73 Å². The summed E-state index contributed by atoms with van der Waals surface area (Å²) in [6, 6.07) is 0.963. The van der Waals surface area contributed by atoms with Gasteiger partial charge in [-0.05, 0) is 45.1 Å². The van der Waals surface area contributed by atoms with Crippen LogP contribution in [0.25, 0.3) is 0 Å². The van der Waals surface area contributed by atoms with Gasteiger partial charge in [-0.15, -0.1) is 0 Å². The third-order valence-corrected chi connectivity index (χ3v) is 5.21. The summed E-state index contributed by atoms with van der Waals surface area (Å²) in [5.41, 5.74) is 5.33. The van der Waals surface area contributed by atoms with E-state index in [2.05, 4.69) is 11.9 Å². The maximum Gasteiger partial charge on any atom is 0.334 e. The van der Waals surface area contributed by atoms with E-state index in [1.54, 1.807) is 0 Å². The van der Waals surface area contributed by atoms with Crippen LogP contribution in [0, 0.1) is 0 Å². The van der Waals surface area contributed by atoms with Crippen LogP contribution < -0.4 is 11.1 Å². The van der Waals surface area contributed by atoms with Crippen LogP contribution in [0.4, 0.5) is 0 Å². The first-order valence-electron chi connectivity index (χ1n) is 5.35. The third kappa shape index (κ3) is 7.72. The Labute approximate surface area is 98.8 Å². The SMILES string of the molecule is CCO[Si](C)(CCCNC(N)=S)OCC. The number of nitrogens with two attached hydrogens (primary N) is 1. The standard InChI is InChI=1S/C9H22N2O2SSi/c1-4-12-15(3,13-5-2)8-6-7-11-9(10)14/h4-8H2,1-3H3,(H3,10,11,14). The van der Waals surface area contributed by atoms with Gasteiger partial charge in [-0.3, -0.25) is 0 Å². The molecule has 0 heterocycles. The number of rotatable bonds is 8. The minimum Gasteiger partial charge on any atom is -0.395 e. The summed E-state index contributed by atoms with van der Waals surface area (Å²) in [4.78, 5) is 0. The van der Waals surface area contributed by atoms with Gasteiger partial charge in [-0.25, -0.2) is 0 Å². The van der Waals surface area contributed by atoms with E-state index in [9.17, 15) is 0 Å². The maximum absolute atomic E-state index is 5.70. The Bertz CT molecular complexity index is 187. The van der Waals surface area contributed by atoms with Gasteiger partial charge in [0, 0.05) is 19.8 Å². The van der Waals surface area contributed by atoms with Crippen molar-refractivity contribution >= 4 is 25.9 Å². The summed E-state index contributed by atoms with van der Waals surface area (Å²) in [6.45, 7) is 8.31. The van der Waals surface area contributed by atoms with E-state index in [0.29, 0.717) is 18.3 Å². The largest absolute Gasteiger partial charge is 0.395 e. The smallest absolute Gasteiger partial charge is 0.334 e. The molecule has 0 atom stereocenters. The highest BCUT2D eigenvalue weighted by Gasteiger charge is 2.29. The molecule has 0 saturated carbocycles. The van der Waals surface area contributed by atoms with E-state index in [1.165, 1.54) is 0 Å². The van der Waals surface area contributed by atoms with Crippen LogP contribution >= 0.6 is 12.2 Å². The van der Waals surface area contributed by atoms with Crippen molar-refractivity contribution in [1.29, 1.82) is 0 Å². The molecule has 0 rings (SSSR count). The zero-order valence-corrected chi connectivity index (χ0v) is 11.7. The van der Waals surface area contributed by atoms with Gasteiger partial charge in [-0.1, -0.05) is 0 Å². The van der Waals surface area contributed by atoms with Gasteiger partial charge in [0.15, 0.2) is 5.11 Å². The highest BCUT2D eigenvalue weighted by atomic mass is 32.1. The molecule has 0 aliphatic rings. The Kier molecular flexibility index (Phi) is 7.94. The van der Waals surface area contributed by atoms with Gasteiger partial charge in [0.1, 0.15) is 0 Å². The van der Waals surface area contributed by atoms with Crippen molar-refractivity contribution in [2.45, 2.75) is 32.9 Å². The van der Waals surface area contributed by atoms with Crippen molar-refractivity contribution < 1.29 is 8.85 Å². The fourth-order valence-corrected chi connectivity index (χ4v) is 3.93. The Morgan fingerprint density at radius 3 is 2.27 bits per heavy atom. The Hall–Kier alpha value is -0.173. The fourth-order valence-electron chi connectivity index (χ4n) is 1.42. The molecule has 0 saturated heterocycles. The average molecular weight is 250 g/mol. The minimum atomic E-state index is -1.95. The van der Waals surface area contributed by atoms with Crippen molar-refractivity contribution in [2.75, 3.05) is 19.8 Å². The van der Waals surface area contributed by atoms with Crippen LogP contribution in [0.5, 0.6) is 0 Å². The first-order chi connectivity index (χ1) is 7.04. The first kappa shape index (κ1) is 14.8. The second-order valence-electron chi connectivity index (χ2n) is 3.39. The van der Waals surface area contributed by atoms with E-state index >= 15 is 0 Å². The lowest BCUT2D eigenvalue weighted by atomic mass is 10.5. The van der Waals surface area contributed by atoms with Crippen LogP contribution in [0.3, 0.4) is 0 Å². The third-order valence-electron chi connectivity index (χ3n) is 2.01. The van der Waals surface area contributed by atoms with Crippen molar-refractivity contribution in [3.8, 4) is 0 Å². The van der Waals surface area contributed by atoms with Gasteiger partial charge < -0.3 is 19.9 Å². The molecule has 0 aromatic heterocycles. The molecule has 3 N–H and O–H groups in total. The summed E-state index contributed by atoms with van der Waals surface area (Å²) in [5, 5.41) is 3.28. The average Bonchev–Trinajstić information content (AvgIpc) is 2.13. The molecule has 0 unspecified atom stereocenters. The van der Waals surface area contributed by atoms with Crippen LogP contribution in [-0.2, 0) is 8.85 Å². The van der Waals surface area contributed by atoms with E-state index in [0.717, 1.165) is 19.0 Å². The molecule has 0 spiro atoms. The molecule has 0 radical (unpaired) electrons. The fraction of sp³-hybridized carbons (Fsp3) is 0.889. The molecule has 0 fully saturated rings. The summed E-state index contributed by atoms with van der Waals surface area (Å²) in [5.74, 6) is 0. The van der Waals surface area contributed by atoms with Crippen LogP contribution in [0.1, 0.15) is 20.3 Å². The van der Waals surface area contributed by atoms with E-state index in [4.69, 9.17) is 26.8 Å². The second-order valence-corrected chi connectivity index (χ2v) is 7.18. The highest BCUT2D eigenvalue weighted by molar-refractivity contribution is 7.80. The maximum atomic E-state index is 5.70. The summed E-state index contributed by atoms with van der Waals surface area (Å²) >= 11 is 4.72. The lowest BCUT2D eigenvalue weighted by molar-refractivity contribution is 0.188. The molecule has 0 aliphatic carbocycles. The van der Waals surface area contributed by atoms with Crippen LogP contribution in [-0.4, -0.2) is 33.4 Å². The molecular formula is C9H22N2O2SSi. The molecule has 0 aliphatic heterocycles. The predicted molar refractivity (Wildman–Crippen MR) is 69.1 cm³/mol. The Morgan fingerprint density at radius 1 is 1.33 bits per heavy atom. The van der Waals surface area contributed by atoms with Gasteiger partial charge in [0.2, 0.25) is 0 Å². The quantitative estimate of drug-likeness (QED) is 0.387. The van der Waals surface area contributed by atoms with Crippen molar-refractivity contribution in [3.63, 3.8) is 0 Å². The van der Waals surface area contributed by atoms with Gasteiger partial charge in [0.05, 0.1) is 0 Å². The number of hydrogen-bond donors (Lipinski definition) is 2. The molecule has 0 aromatic carbocycles. The van der Waals surface area contributed by atoms with Gasteiger partial charge in [-0.2, -0.15) is 0 Å². The molecular weight excluding hydrogens is 228 g/mol. The molecule has 90 valence electrons. The van der Waals surface area contributed by atoms with Crippen molar-refractivity contribution in [3.05, 3.63) is 0 Å². The van der Waals surface area contributed by atoms with E-state index in [-0.39, 0.29) is 0 Å². The van der Waals surface area contributed by atoms with Crippen LogP contribution in [0.15, 0.2) is 0 Å². The highest BCUT2D eigenvalue weighted by Crippen LogP contribution is 2.15. The Balaban J connectivity index is 3.79. The van der Waals surface area contributed by atoms with Gasteiger partial charge in [0.25, 0.3) is 0 Å². The predicted octanol–water partition coefficient (Wildman–Crippen LogP) is 1.35. The lowest BCUT2D eigenvalue weighted by Crippen LogP contribution is -2.40. The summed E-state index contributed by atoms with van der Waals surface area (Å²) in [7, 11) is -1.95. The monoisotopic (exact) mass is 250 g/mol. The molecule has 4 nitrogen and oxygen atoms in total. The molecule has 0 amide bonds. The van der Waals surface area contributed by atoms with E-state index in [1.807, 2.05) is 13.8 Å². The number of nitrogens with one attached hydrogen (secondary N) is 1. The van der Waals surface area contributed by atoms with Crippen molar-refractivity contribution in [1.82, 2.24) is 5.32 Å². The molecule has 15 heavy (non-hydrogen) atoms. The number of thiocarbonyl (C=S) groups is 1. The molecule has 6 heteroatoms. The normalized spacial score (nSPS) is 11.4.